The standard InChI is InChI=1S/C24H24N4O4S2/c1-5-31-23(30)20-19(16-9-7-6-8-10-16)15(3)34-22(20)25-18(29)13-33-24-27-26-21(28(24)4)17-11-12-32-14(17)2/h6-12H,5,13H2,1-4H3,(H,25,29). The number of anilines is 1. The smallest absolute Gasteiger partial charge is 0.341 e. The van der Waals surface area contributed by atoms with Gasteiger partial charge in [-0.15, -0.1) is 21.5 Å². The quantitative estimate of drug-likeness (QED) is 0.260. The topological polar surface area (TPSA) is 99.2 Å². The number of amides is 1. The summed E-state index contributed by atoms with van der Waals surface area (Å²) in [7, 11) is 1.84. The molecule has 0 aliphatic heterocycles. The molecular weight excluding hydrogens is 472 g/mol. The van der Waals surface area contributed by atoms with Crippen molar-refractivity contribution in [1.82, 2.24) is 14.8 Å². The molecule has 0 aliphatic carbocycles. The first-order valence-corrected chi connectivity index (χ1v) is 12.4. The molecule has 0 atom stereocenters. The van der Waals surface area contributed by atoms with Gasteiger partial charge in [0.1, 0.15) is 16.3 Å². The van der Waals surface area contributed by atoms with E-state index in [-0.39, 0.29) is 18.3 Å². The van der Waals surface area contributed by atoms with E-state index in [2.05, 4.69) is 15.5 Å². The van der Waals surface area contributed by atoms with Crippen molar-refractivity contribution in [3.8, 4) is 22.5 Å². The second kappa shape index (κ2) is 10.3. The van der Waals surface area contributed by atoms with Gasteiger partial charge in [0.15, 0.2) is 11.0 Å². The van der Waals surface area contributed by atoms with Crippen molar-refractivity contribution in [2.45, 2.75) is 25.9 Å². The number of thiophene rings is 1. The molecule has 4 rings (SSSR count). The number of ether oxygens (including phenoxy) is 1. The van der Waals surface area contributed by atoms with Crippen molar-refractivity contribution in [3.63, 3.8) is 0 Å². The third kappa shape index (κ3) is 4.78. The molecule has 1 aromatic carbocycles. The zero-order valence-electron chi connectivity index (χ0n) is 19.2. The second-order valence-electron chi connectivity index (χ2n) is 7.42. The highest BCUT2D eigenvalue weighted by molar-refractivity contribution is 7.99. The molecule has 4 aromatic rings. The maximum Gasteiger partial charge on any atom is 0.341 e. The van der Waals surface area contributed by atoms with E-state index >= 15 is 0 Å². The van der Waals surface area contributed by atoms with E-state index in [1.54, 1.807) is 13.2 Å². The zero-order chi connectivity index (χ0) is 24.2. The molecule has 0 radical (unpaired) electrons. The first-order chi connectivity index (χ1) is 16.4. The normalized spacial score (nSPS) is 10.9. The molecule has 0 bridgehead atoms. The number of thioether (sulfide) groups is 1. The molecule has 3 heterocycles. The highest BCUT2D eigenvalue weighted by atomic mass is 32.2. The van der Waals surface area contributed by atoms with Gasteiger partial charge in [0.2, 0.25) is 5.91 Å². The van der Waals surface area contributed by atoms with Gasteiger partial charge in [0.25, 0.3) is 0 Å². The summed E-state index contributed by atoms with van der Waals surface area (Å²) in [5, 5.41) is 12.4. The minimum atomic E-state index is -0.456. The predicted molar refractivity (Wildman–Crippen MR) is 133 cm³/mol. The van der Waals surface area contributed by atoms with E-state index in [0.717, 1.165) is 27.3 Å². The largest absolute Gasteiger partial charge is 0.469 e. The summed E-state index contributed by atoms with van der Waals surface area (Å²) < 4.78 is 12.5. The Morgan fingerprint density at radius 3 is 2.62 bits per heavy atom. The third-order valence-corrected chi connectivity index (χ3v) is 7.19. The van der Waals surface area contributed by atoms with Crippen LogP contribution < -0.4 is 5.32 Å². The summed E-state index contributed by atoms with van der Waals surface area (Å²) >= 11 is 2.63. The maximum atomic E-state index is 12.8. The minimum absolute atomic E-state index is 0.107. The Morgan fingerprint density at radius 2 is 1.94 bits per heavy atom. The van der Waals surface area contributed by atoms with Crippen LogP contribution in [0.3, 0.4) is 0 Å². The first-order valence-electron chi connectivity index (χ1n) is 10.6. The number of nitrogens with zero attached hydrogens (tertiary/aromatic N) is 3. The van der Waals surface area contributed by atoms with Gasteiger partial charge in [-0.2, -0.15) is 0 Å². The number of carbonyl (C=O) groups is 2. The van der Waals surface area contributed by atoms with Gasteiger partial charge >= 0.3 is 5.97 Å². The van der Waals surface area contributed by atoms with Crippen molar-refractivity contribution in [1.29, 1.82) is 0 Å². The molecule has 0 unspecified atom stereocenters. The number of rotatable bonds is 8. The first kappa shape index (κ1) is 23.8. The summed E-state index contributed by atoms with van der Waals surface area (Å²) in [6.07, 6.45) is 1.60. The average molecular weight is 497 g/mol. The Labute approximate surface area is 205 Å². The van der Waals surface area contributed by atoms with Crippen molar-refractivity contribution < 1.29 is 18.7 Å². The van der Waals surface area contributed by atoms with E-state index in [4.69, 9.17) is 9.15 Å². The molecule has 8 nitrogen and oxygen atoms in total. The van der Waals surface area contributed by atoms with Gasteiger partial charge in [-0.1, -0.05) is 42.1 Å². The van der Waals surface area contributed by atoms with Crippen molar-refractivity contribution >= 4 is 40.0 Å². The van der Waals surface area contributed by atoms with Crippen LogP contribution in [0.4, 0.5) is 5.00 Å². The lowest BCUT2D eigenvalue weighted by molar-refractivity contribution is -0.113. The fourth-order valence-electron chi connectivity index (χ4n) is 3.57. The van der Waals surface area contributed by atoms with Crippen LogP contribution in [0.2, 0.25) is 0 Å². The fourth-order valence-corrected chi connectivity index (χ4v) is 5.36. The molecule has 10 heteroatoms. The van der Waals surface area contributed by atoms with Crippen LogP contribution in [0, 0.1) is 13.8 Å². The number of hydrogen-bond donors (Lipinski definition) is 1. The van der Waals surface area contributed by atoms with Crippen LogP contribution in [0.25, 0.3) is 22.5 Å². The second-order valence-corrected chi connectivity index (χ2v) is 9.58. The van der Waals surface area contributed by atoms with E-state index in [1.165, 1.54) is 23.1 Å². The molecular formula is C24H24N4O4S2. The molecule has 0 fully saturated rings. The molecule has 176 valence electrons. The van der Waals surface area contributed by atoms with Gasteiger partial charge in [-0.25, -0.2) is 4.79 Å². The highest BCUT2D eigenvalue weighted by Crippen LogP contribution is 2.40. The molecule has 0 saturated carbocycles. The van der Waals surface area contributed by atoms with Crippen LogP contribution in [0.5, 0.6) is 0 Å². The molecule has 1 amide bonds. The zero-order valence-corrected chi connectivity index (χ0v) is 20.9. The van der Waals surface area contributed by atoms with Crippen LogP contribution in [-0.2, 0) is 16.6 Å². The molecule has 0 saturated heterocycles. The lowest BCUT2D eigenvalue weighted by Crippen LogP contribution is -2.16. The number of hydrogen-bond acceptors (Lipinski definition) is 8. The van der Waals surface area contributed by atoms with Gasteiger partial charge in [-0.05, 0) is 32.4 Å². The predicted octanol–water partition coefficient (Wildman–Crippen LogP) is 5.33. The van der Waals surface area contributed by atoms with E-state index in [1.807, 2.05) is 61.9 Å². The van der Waals surface area contributed by atoms with Gasteiger partial charge in [0.05, 0.1) is 24.2 Å². The summed E-state index contributed by atoms with van der Waals surface area (Å²) in [6.45, 7) is 5.79. The Balaban J connectivity index is 1.53. The van der Waals surface area contributed by atoms with Crippen LogP contribution in [-0.4, -0.2) is 39.0 Å². The molecule has 1 N–H and O–H groups in total. The van der Waals surface area contributed by atoms with E-state index in [9.17, 15) is 9.59 Å². The van der Waals surface area contributed by atoms with Gasteiger partial charge in [0, 0.05) is 17.5 Å². The fraction of sp³-hybridized carbons (Fsp3) is 0.250. The minimum Gasteiger partial charge on any atom is -0.469 e. The highest BCUT2D eigenvalue weighted by Gasteiger charge is 2.25. The Bertz CT molecular complexity index is 1320. The lowest BCUT2D eigenvalue weighted by atomic mass is 10.0. The monoisotopic (exact) mass is 496 g/mol. The van der Waals surface area contributed by atoms with Crippen LogP contribution >= 0.6 is 23.1 Å². The van der Waals surface area contributed by atoms with Crippen molar-refractivity contribution in [3.05, 3.63) is 58.9 Å². The van der Waals surface area contributed by atoms with Crippen molar-refractivity contribution in [2.24, 2.45) is 7.05 Å². The van der Waals surface area contributed by atoms with Gasteiger partial charge in [-0.3, -0.25) is 4.79 Å². The molecule has 0 aliphatic rings. The summed E-state index contributed by atoms with van der Waals surface area (Å²) in [5.41, 5.74) is 2.91. The number of esters is 1. The Hall–Kier alpha value is -3.37. The molecule has 0 spiro atoms. The maximum absolute atomic E-state index is 12.8. The van der Waals surface area contributed by atoms with Gasteiger partial charge < -0.3 is 19.0 Å². The third-order valence-electron chi connectivity index (χ3n) is 5.15. The number of benzene rings is 1. The molecule has 3 aromatic heterocycles. The number of carbonyl (C=O) groups excluding carboxylic acids is 2. The van der Waals surface area contributed by atoms with Crippen LogP contribution in [0.1, 0.15) is 27.9 Å². The summed E-state index contributed by atoms with van der Waals surface area (Å²) in [5.74, 6) is 0.817. The summed E-state index contributed by atoms with van der Waals surface area (Å²) in [4.78, 5) is 26.6. The van der Waals surface area contributed by atoms with E-state index < -0.39 is 5.97 Å². The van der Waals surface area contributed by atoms with Crippen LogP contribution in [0.15, 0.2) is 52.2 Å². The Morgan fingerprint density at radius 1 is 1.18 bits per heavy atom. The van der Waals surface area contributed by atoms with E-state index in [0.29, 0.717) is 21.5 Å². The number of furan rings is 1. The SMILES string of the molecule is CCOC(=O)c1c(NC(=O)CSc2nnc(-c3ccoc3C)n2C)sc(C)c1-c1ccccc1. The number of nitrogens with one attached hydrogen (secondary N) is 1. The number of aryl methyl sites for hydroxylation is 2. The van der Waals surface area contributed by atoms with Crippen molar-refractivity contribution in [2.75, 3.05) is 17.7 Å². The average Bonchev–Trinajstić information content (AvgIpc) is 3.49. The number of aromatic nitrogens is 3. The lowest BCUT2D eigenvalue weighted by Gasteiger charge is -2.09. The Kier molecular flexibility index (Phi) is 7.18. The summed E-state index contributed by atoms with van der Waals surface area (Å²) in [6, 6.07) is 11.5. The molecule has 34 heavy (non-hydrogen) atoms.